The van der Waals surface area contributed by atoms with Crippen molar-refractivity contribution in [1.29, 1.82) is 0 Å². The van der Waals surface area contributed by atoms with E-state index in [9.17, 15) is 13.2 Å². The normalized spacial score (nSPS) is 20.6. The van der Waals surface area contributed by atoms with E-state index >= 15 is 0 Å². The number of pyridine rings is 1. The summed E-state index contributed by atoms with van der Waals surface area (Å²) in [5, 5.41) is 2.85. The van der Waals surface area contributed by atoms with Gasteiger partial charge in [-0.25, -0.2) is 12.7 Å². The monoisotopic (exact) mass is 297 g/mol. The molecule has 1 N–H and O–H groups in total. The van der Waals surface area contributed by atoms with Crippen LogP contribution in [0.1, 0.15) is 18.4 Å². The number of nitrogens with one attached hydrogen (secondary N) is 1. The van der Waals surface area contributed by atoms with E-state index in [1.165, 1.54) is 10.6 Å². The molecule has 0 saturated carbocycles. The van der Waals surface area contributed by atoms with Crippen LogP contribution in [0.4, 0.5) is 0 Å². The molecule has 1 aliphatic rings. The van der Waals surface area contributed by atoms with Crippen LogP contribution in [0.15, 0.2) is 24.5 Å². The van der Waals surface area contributed by atoms with Crippen LogP contribution < -0.4 is 5.32 Å². The second kappa shape index (κ2) is 6.32. The van der Waals surface area contributed by atoms with Crippen LogP contribution >= 0.6 is 0 Å². The maximum atomic E-state index is 12.1. The van der Waals surface area contributed by atoms with Crippen molar-refractivity contribution in [3.05, 3.63) is 30.1 Å². The predicted octanol–water partition coefficient (Wildman–Crippen LogP) is 0.369. The Balaban J connectivity index is 1.89. The highest BCUT2D eigenvalue weighted by Crippen LogP contribution is 2.18. The van der Waals surface area contributed by atoms with Gasteiger partial charge in [-0.3, -0.25) is 9.78 Å². The molecule has 1 saturated heterocycles. The standard InChI is InChI=1S/C13H19N3O3S/c1-20(18,19)16-8-2-3-12(10-16)13(17)15-9-11-4-6-14-7-5-11/h4-7,12H,2-3,8-10H2,1H3,(H,15,17)/t12-/m0/s1. The van der Waals surface area contributed by atoms with Gasteiger partial charge in [0.15, 0.2) is 0 Å². The zero-order valence-electron chi connectivity index (χ0n) is 11.4. The second-order valence-corrected chi connectivity index (χ2v) is 7.02. The van der Waals surface area contributed by atoms with Gasteiger partial charge < -0.3 is 5.32 Å². The summed E-state index contributed by atoms with van der Waals surface area (Å²) in [5.74, 6) is -0.351. The molecule has 1 atom stereocenters. The summed E-state index contributed by atoms with van der Waals surface area (Å²) in [6.45, 7) is 1.23. The fourth-order valence-electron chi connectivity index (χ4n) is 2.29. The summed E-state index contributed by atoms with van der Waals surface area (Å²) in [6, 6.07) is 3.67. The molecule has 0 radical (unpaired) electrons. The Labute approximate surface area is 119 Å². The van der Waals surface area contributed by atoms with Crippen LogP contribution in [0, 0.1) is 5.92 Å². The fourth-order valence-corrected chi connectivity index (χ4v) is 3.20. The smallest absolute Gasteiger partial charge is 0.224 e. The molecule has 0 aliphatic carbocycles. The quantitative estimate of drug-likeness (QED) is 0.871. The van der Waals surface area contributed by atoms with E-state index in [-0.39, 0.29) is 18.4 Å². The largest absolute Gasteiger partial charge is 0.352 e. The number of hydrogen-bond donors (Lipinski definition) is 1. The molecule has 1 aromatic rings. The molecule has 7 heteroatoms. The number of carbonyl (C=O) groups is 1. The number of rotatable bonds is 4. The number of nitrogens with zero attached hydrogens (tertiary/aromatic N) is 2. The van der Waals surface area contributed by atoms with Crippen LogP contribution in [-0.4, -0.2) is 43.0 Å². The maximum absolute atomic E-state index is 12.1. The van der Waals surface area contributed by atoms with Crippen LogP contribution in [0.5, 0.6) is 0 Å². The summed E-state index contributed by atoms with van der Waals surface area (Å²) in [4.78, 5) is 16.0. The van der Waals surface area contributed by atoms with Crippen molar-refractivity contribution in [2.24, 2.45) is 5.92 Å². The molecule has 1 amide bonds. The number of sulfonamides is 1. The molecule has 2 heterocycles. The SMILES string of the molecule is CS(=O)(=O)N1CCC[C@H](C(=O)NCc2ccncc2)C1. The van der Waals surface area contributed by atoms with E-state index < -0.39 is 10.0 Å². The fraction of sp³-hybridized carbons (Fsp3) is 0.538. The van der Waals surface area contributed by atoms with Gasteiger partial charge in [0, 0.05) is 32.0 Å². The minimum absolute atomic E-state index is 0.0878. The summed E-state index contributed by atoms with van der Waals surface area (Å²) < 4.78 is 24.4. The van der Waals surface area contributed by atoms with Crippen molar-refractivity contribution in [2.75, 3.05) is 19.3 Å². The van der Waals surface area contributed by atoms with E-state index in [1.807, 2.05) is 12.1 Å². The van der Waals surface area contributed by atoms with Crippen molar-refractivity contribution in [2.45, 2.75) is 19.4 Å². The molecular formula is C13H19N3O3S. The first-order valence-corrected chi connectivity index (χ1v) is 8.43. The van der Waals surface area contributed by atoms with E-state index in [2.05, 4.69) is 10.3 Å². The van der Waals surface area contributed by atoms with Gasteiger partial charge >= 0.3 is 0 Å². The minimum atomic E-state index is -3.21. The lowest BCUT2D eigenvalue weighted by Crippen LogP contribution is -2.44. The van der Waals surface area contributed by atoms with Gasteiger partial charge in [-0.15, -0.1) is 0 Å². The van der Waals surface area contributed by atoms with Gasteiger partial charge in [0.05, 0.1) is 12.2 Å². The van der Waals surface area contributed by atoms with Crippen molar-refractivity contribution >= 4 is 15.9 Å². The average molecular weight is 297 g/mol. The van der Waals surface area contributed by atoms with Crippen LogP contribution in [-0.2, 0) is 21.4 Å². The van der Waals surface area contributed by atoms with Gasteiger partial charge in [0.2, 0.25) is 15.9 Å². The van der Waals surface area contributed by atoms with E-state index in [0.717, 1.165) is 18.4 Å². The van der Waals surface area contributed by atoms with Gasteiger partial charge in [-0.1, -0.05) is 0 Å². The molecule has 1 aromatic heterocycles. The third kappa shape index (κ3) is 4.01. The third-order valence-electron chi connectivity index (χ3n) is 3.44. The summed E-state index contributed by atoms with van der Waals surface area (Å²) >= 11 is 0. The Kier molecular flexibility index (Phi) is 4.72. The van der Waals surface area contributed by atoms with Gasteiger partial charge in [-0.05, 0) is 30.5 Å². The lowest BCUT2D eigenvalue weighted by molar-refractivity contribution is -0.126. The summed E-state index contributed by atoms with van der Waals surface area (Å²) in [6.07, 6.45) is 5.99. The number of hydrogen-bond acceptors (Lipinski definition) is 4. The van der Waals surface area contributed by atoms with Crippen molar-refractivity contribution in [3.8, 4) is 0 Å². The highest BCUT2D eigenvalue weighted by atomic mass is 32.2. The zero-order valence-corrected chi connectivity index (χ0v) is 12.3. The van der Waals surface area contributed by atoms with Crippen molar-refractivity contribution < 1.29 is 13.2 Å². The Morgan fingerprint density at radius 3 is 2.80 bits per heavy atom. The molecular weight excluding hydrogens is 278 g/mol. The maximum Gasteiger partial charge on any atom is 0.224 e. The first kappa shape index (κ1) is 14.9. The first-order valence-electron chi connectivity index (χ1n) is 6.58. The Hall–Kier alpha value is -1.47. The number of carbonyl (C=O) groups excluding carboxylic acids is 1. The molecule has 0 spiro atoms. The molecule has 110 valence electrons. The second-order valence-electron chi connectivity index (χ2n) is 5.03. The van der Waals surface area contributed by atoms with Crippen molar-refractivity contribution in [3.63, 3.8) is 0 Å². The van der Waals surface area contributed by atoms with E-state index in [0.29, 0.717) is 13.1 Å². The Bertz CT molecular complexity index is 559. The van der Waals surface area contributed by atoms with Gasteiger partial charge in [0.1, 0.15) is 0 Å². The molecule has 20 heavy (non-hydrogen) atoms. The van der Waals surface area contributed by atoms with E-state index in [4.69, 9.17) is 0 Å². The molecule has 0 unspecified atom stereocenters. The number of amides is 1. The van der Waals surface area contributed by atoms with Crippen LogP contribution in [0.25, 0.3) is 0 Å². The summed E-state index contributed by atoms with van der Waals surface area (Å²) in [7, 11) is -3.21. The van der Waals surface area contributed by atoms with E-state index in [1.54, 1.807) is 12.4 Å². The molecule has 0 bridgehead atoms. The molecule has 2 rings (SSSR count). The molecule has 1 fully saturated rings. The summed E-state index contributed by atoms with van der Waals surface area (Å²) in [5.41, 5.74) is 0.976. The molecule has 0 aromatic carbocycles. The van der Waals surface area contributed by atoms with Crippen molar-refractivity contribution in [1.82, 2.24) is 14.6 Å². The lowest BCUT2D eigenvalue weighted by atomic mass is 9.99. The molecule has 1 aliphatic heterocycles. The number of piperidine rings is 1. The molecule has 6 nitrogen and oxygen atoms in total. The third-order valence-corrected chi connectivity index (χ3v) is 4.71. The Morgan fingerprint density at radius 1 is 1.45 bits per heavy atom. The minimum Gasteiger partial charge on any atom is -0.352 e. The highest BCUT2D eigenvalue weighted by Gasteiger charge is 2.29. The average Bonchev–Trinajstić information content (AvgIpc) is 2.45. The lowest BCUT2D eigenvalue weighted by Gasteiger charge is -2.30. The van der Waals surface area contributed by atoms with Gasteiger partial charge in [-0.2, -0.15) is 0 Å². The van der Waals surface area contributed by atoms with Gasteiger partial charge in [0.25, 0.3) is 0 Å². The highest BCUT2D eigenvalue weighted by molar-refractivity contribution is 7.88. The first-order chi connectivity index (χ1) is 9.47. The topological polar surface area (TPSA) is 79.4 Å². The zero-order chi connectivity index (χ0) is 14.6. The predicted molar refractivity (Wildman–Crippen MR) is 75.2 cm³/mol. The number of aromatic nitrogens is 1. The Morgan fingerprint density at radius 2 is 2.15 bits per heavy atom. The van der Waals surface area contributed by atoms with Crippen LogP contribution in [0.3, 0.4) is 0 Å². The van der Waals surface area contributed by atoms with Crippen LogP contribution in [0.2, 0.25) is 0 Å².